The van der Waals surface area contributed by atoms with Crippen LogP contribution in [-0.2, 0) is 13.0 Å². The molecule has 0 aliphatic rings. The van der Waals surface area contributed by atoms with Crippen LogP contribution < -0.4 is 0 Å². The molecular formula is C12H17N3OS. The Morgan fingerprint density at radius 3 is 3.00 bits per heavy atom. The Hall–Kier alpha value is -1.20. The van der Waals surface area contributed by atoms with E-state index in [1.165, 1.54) is 0 Å². The van der Waals surface area contributed by atoms with Crippen molar-refractivity contribution in [2.24, 2.45) is 0 Å². The quantitative estimate of drug-likeness (QED) is 0.887. The summed E-state index contributed by atoms with van der Waals surface area (Å²) in [4.78, 5) is 8.46. The minimum absolute atomic E-state index is 0.523. The summed E-state index contributed by atoms with van der Waals surface area (Å²) < 4.78 is 2.00. The summed E-state index contributed by atoms with van der Waals surface area (Å²) in [6, 6.07) is 0. The van der Waals surface area contributed by atoms with Crippen LogP contribution in [0.1, 0.15) is 35.8 Å². The Bertz CT molecular complexity index is 478. The molecule has 0 aliphatic heterocycles. The van der Waals surface area contributed by atoms with Crippen molar-refractivity contribution in [1.29, 1.82) is 0 Å². The standard InChI is InChI=1S/C12H17N3OS/c1-3-4-15-8-13-6-11(15)12(16)5-10-7-17-9(2)14-10/h6-8,12,16H,3-5H2,1-2H3. The first-order valence-corrected chi connectivity index (χ1v) is 6.67. The summed E-state index contributed by atoms with van der Waals surface area (Å²) in [5.74, 6) is 0. The molecule has 0 saturated carbocycles. The van der Waals surface area contributed by atoms with Gasteiger partial charge in [0, 0.05) is 18.3 Å². The number of aryl methyl sites for hydroxylation is 2. The van der Waals surface area contributed by atoms with Gasteiger partial charge in [0.05, 0.1) is 28.9 Å². The van der Waals surface area contributed by atoms with Crippen LogP contribution in [0.4, 0.5) is 0 Å². The number of hydrogen-bond acceptors (Lipinski definition) is 4. The van der Waals surface area contributed by atoms with Gasteiger partial charge in [0.25, 0.3) is 0 Å². The first-order chi connectivity index (χ1) is 8.20. The summed E-state index contributed by atoms with van der Waals surface area (Å²) in [5, 5.41) is 13.2. The maximum Gasteiger partial charge on any atom is 0.101 e. The third-order valence-corrected chi connectivity index (χ3v) is 3.44. The highest BCUT2D eigenvalue weighted by Crippen LogP contribution is 2.19. The number of rotatable bonds is 5. The predicted octanol–water partition coefficient (Wildman–Crippen LogP) is 2.33. The number of hydrogen-bond donors (Lipinski definition) is 1. The number of imidazole rings is 1. The van der Waals surface area contributed by atoms with Crippen LogP contribution in [0.3, 0.4) is 0 Å². The lowest BCUT2D eigenvalue weighted by atomic mass is 10.1. The van der Waals surface area contributed by atoms with Crippen molar-refractivity contribution in [3.63, 3.8) is 0 Å². The molecule has 2 aromatic heterocycles. The van der Waals surface area contributed by atoms with Gasteiger partial charge in [-0.2, -0.15) is 0 Å². The molecule has 1 atom stereocenters. The molecule has 2 aromatic rings. The Labute approximate surface area is 105 Å². The number of aliphatic hydroxyl groups excluding tert-OH is 1. The van der Waals surface area contributed by atoms with Crippen LogP contribution in [0, 0.1) is 6.92 Å². The minimum atomic E-state index is -0.523. The Kier molecular flexibility index (Phi) is 3.91. The molecule has 0 fully saturated rings. The Morgan fingerprint density at radius 1 is 1.53 bits per heavy atom. The minimum Gasteiger partial charge on any atom is -0.386 e. The van der Waals surface area contributed by atoms with E-state index in [0.29, 0.717) is 6.42 Å². The second-order valence-corrected chi connectivity index (χ2v) is 5.15. The molecule has 5 heteroatoms. The van der Waals surface area contributed by atoms with E-state index in [9.17, 15) is 5.11 Å². The number of aliphatic hydroxyl groups is 1. The number of nitrogens with zero attached hydrogens (tertiary/aromatic N) is 3. The SMILES string of the molecule is CCCn1cncc1C(O)Cc1csc(C)n1. The van der Waals surface area contributed by atoms with Crippen LogP contribution >= 0.6 is 11.3 Å². The average Bonchev–Trinajstić information content (AvgIpc) is 2.88. The van der Waals surface area contributed by atoms with E-state index in [0.717, 1.165) is 29.4 Å². The lowest BCUT2D eigenvalue weighted by molar-refractivity contribution is 0.167. The fourth-order valence-corrected chi connectivity index (χ4v) is 2.47. The average molecular weight is 251 g/mol. The maximum absolute atomic E-state index is 10.2. The van der Waals surface area contributed by atoms with E-state index in [4.69, 9.17) is 0 Å². The van der Waals surface area contributed by atoms with Gasteiger partial charge in [-0.05, 0) is 13.3 Å². The van der Waals surface area contributed by atoms with Crippen LogP contribution in [0.5, 0.6) is 0 Å². The first kappa shape index (κ1) is 12.3. The van der Waals surface area contributed by atoms with Crippen LogP contribution in [0.25, 0.3) is 0 Å². The number of aromatic nitrogens is 3. The van der Waals surface area contributed by atoms with E-state index in [1.54, 1.807) is 23.9 Å². The highest BCUT2D eigenvalue weighted by molar-refractivity contribution is 7.09. The Balaban J connectivity index is 2.08. The molecule has 4 nitrogen and oxygen atoms in total. The molecule has 1 N–H and O–H groups in total. The molecule has 0 aromatic carbocycles. The van der Waals surface area contributed by atoms with Gasteiger partial charge in [-0.15, -0.1) is 11.3 Å². The van der Waals surface area contributed by atoms with Gasteiger partial charge in [-0.1, -0.05) is 6.92 Å². The molecule has 17 heavy (non-hydrogen) atoms. The molecule has 92 valence electrons. The van der Waals surface area contributed by atoms with Crippen molar-refractivity contribution < 1.29 is 5.11 Å². The fraction of sp³-hybridized carbons (Fsp3) is 0.500. The summed E-state index contributed by atoms with van der Waals surface area (Å²) in [7, 11) is 0. The molecule has 0 amide bonds. The van der Waals surface area contributed by atoms with E-state index in [1.807, 2.05) is 16.9 Å². The third-order valence-electron chi connectivity index (χ3n) is 2.62. The van der Waals surface area contributed by atoms with Crippen molar-refractivity contribution in [2.75, 3.05) is 0 Å². The van der Waals surface area contributed by atoms with Gasteiger partial charge in [0.1, 0.15) is 6.10 Å². The summed E-state index contributed by atoms with van der Waals surface area (Å²) in [5.41, 5.74) is 1.82. The zero-order chi connectivity index (χ0) is 12.3. The molecule has 0 saturated heterocycles. The van der Waals surface area contributed by atoms with Crippen molar-refractivity contribution in [1.82, 2.24) is 14.5 Å². The van der Waals surface area contributed by atoms with E-state index in [2.05, 4.69) is 16.9 Å². The summed E-state index contributed by atoms with van der Waals surface area (Å²) >= 11 is 1.61. The fourth-order valence-electron chi connectivity index (χ4n) is 1.84. The van der Waals surface area contributed by atoms with Gasteiger partial charge in [0.2, 0.25) is 0 Å². The second kappa shape index (κ2) is 5.42. The zero-order valence-corrected chi connectivity index (χ0v) is 10.9. The van der Waals surface area contributed by atoms with Crippen molar-refractivity contribution in [2.45, 2.75) is 39.3 Å². The van der Waals surface area contributed by atoms with E-state index in [-0.39, 0.29) is 0 Å². The highest BCUT2D eigenvalue weighted by atomic mass is 32.1. The van der Waals surface area contributed by atoms with Gasteiger partial charge >= 0.3 is 0 Å². The van der Waals surface area contributed by atoms with Gasteiger partial charge < -0.3 is 9.67 Å². The molecule has 0 bridgehead atoms. The van der Waals surface area contributed by atoms with Crippen molar-refractivity contribution >= 4 is 11.3 Å². The molecule has 0 radical (unpaired) electrons. The normalized spacial score (nSPS) is 12.9. The van der Waals surface area contributed by atoms with Gasteiger partial charge in [-0.3, -0.25) is 0 Å². The lowest BCUT2D eigenvalue weighted by Crippen LogP contribution is -2.09. The largest absolute Gasteiger partial charge is 0.386 e. The predicted molar refractivity (Wildman–Crippen MR) is 68.0 cm³/mol. The first-order valence-electron chi connectivity index (χ1n) is 5.79. The van der Waals surface area contributed by atoms with Crippen LogP contribution in [0.15, 0.2) is 17.9 Å². The molecular weight excluding hydrogens is 234 g/mol. The maximum atomic E-state index is 10.2. The topological polar surface area (TPSA) is 50.9 Å². The van der Waals surface area contributed by atoms with Crippen LogP contribution in [-0.4, -0.2) is 19.6 Å². The van der Waals surface area contributed by atoms with E-state index < -0.39 is 6.10 Å². The smallest absolute Gasteiger partial charge is 0.101 e. The van der Waals surface area contributed by atoms with Crippen molar-refractivity contribution in [3.8, 4) is 0 Å². The van der Waals surface area contributed by atoms with E-state index >= 15 is 0 Å². The summed E-state index contributed by atoms with van der Waals surface area (Å²) in [6.07, 6.45) is 4.57. The summed E-state index contributed by atoms with van der Waals surface area (Å²) in [6.45, 7) is 4.98. The highest BCUT2D eigenvalue weighted by Gasteiger charge is 2.14. The molecule has 1 unspecified atom stereocenters. The second-order valence-electron chi connectivity index (χ2n) is 4.09. The Morgan fingerprint density at radius 2 is 2.35 bits per heavy atom. The molecule has 2 rings (SSSR count). The number of thiazole rings is 1. The third kappa shape index (κ3) is 2.92. The zero-order valence-electron chi connectivity index (χ0n) is 10.1. The van der Waals surface area contributed by atoms with Gasteiger partial charge in [0.15, 0.2) is 0 Å². The van der Waals surface area contributed by atoms with Crippen molar-refractivity contribution in [3.05, 3.63) is 34.3 Å². The monoisotopic (exact) mass is 251 g/mol. The van der Waals surface area contributed by atoms with Gasteiger partial charge in [-0.25, -0.2) is 9.97 Å². The van der Waals surface area contributed by atoms with Crippen LogP contribution in [0.2, 0.25) is 0 Å². The lowest BCUT2D eigenvalue weighted by Gasteiger charge is -2.12. The molecule has 0 spiro atoms. The molecule has 2 heterocycles. The molecule has 0 aliphatic carbocycles.